The van der Waals surface area contributed by atoms with E-state index in [1.165, 1.54) is 0 Å². The molecule has 1 aliphatic rings. The molecule has 0 saturated carbocycles. The Balaban J connectivity index is 1.49. The Morgan fingerprint density at radius 2 is 1.97 bits per heavy atom. The molecule has 1 fully saturated rings. The lowest BCUT2D eigenvalue weighted by atomic mass is 10.1. The SMILES string of the molecule is CC(C)Cn1c(=O)c2cnc(Nc3ccc(N4CCN(C)CC4)c(CO)c3)nc2n1-c1ccsc1. The van der Waals surface area contributed by atoms with E-state index in [-0.39, 0.29) is 12.2 Å². The molecule has 0 amide bonds. The maximum absolute atomic E-state index is 13.2. The minimum atomic E-state index is -0.0921. The molecule has 0 spiro atoms. The van der Waals surface area contributed by atoms with E-state index in [4.69, 9.17) is 4.98 Å². The topological polar surface area (TPSA) is 91.5 Å². The number of hydrogen-bond donors (Lipinski definition) is 2. The fourth-order valence-corrected chi connectivity index (χ4v) is 5.13. The lowest BCUT2D eigenvalue weighted by molar-refractivity contribution is 0.280. The molecule has 0 radical (unpaired) electrons. The molecule has 0 bridgehead atoms. The average Bonchev–Trinajstić information content (AvgIpc) is 3.46. The highest BCUT2D eigenvalue weighted by atomic mass is 32.1. The molecule has 3 aromatic heterocycles. The van der Waals surface area contributed by atoms with E-state index in [0.29, 0.717) is 29.4 Å². The van der Waals surface area contributed by atoms with Gasteiger partial charge in [-0.05, 0) is 42.6 Å². The standard InChI is InChI=1S/C25H31N7O2S/c1-17(2)14-31-24(34)21-13-26-25(28-23(21)32(31)20-6-11-35-16-20)27-19-4-5-22(18(12-19)15-33)30-9-7-29(3)8-10-30/h4-6,11-13,16-17,33H,7-10,14-15H2,1-3H3,(H,26,27,28). The lowest BCUT2D eigenvalue weighted by Crippen LogP contribution is -2.44. The number of aliphatic hydroxyl groups excluding tert-OH is 1. The number of anilines is 3. The summed E-state index contributed by atoms with van der Waals surface area (Å²) in [5.41, 5.74) is 4.09. The third-order valence-corrected chi connectivity index (χ3v) is 6.99. The van der Waals surface area contributed by atoms with Crippen molar-refractivity contribution in [2.75, 3.05) is 43.4 Å². The van der Waals surface area contributed by atoms with Crippen LogP contribution >= 0.6 is 11.3 Å². The molecule has 4 aromatic rings. The molecule has 5 rings (SSSR count). The van der Waals surface area contributed by atoms with Gasteiger partial charge in [0.25, 0.3) is 5.56 Å². The molecule has 1 aromatic carbocycles. The summed E-state index contributed by atoms with van der Waals surface area (Å²) in [6.07, 6.45) is 1.60. The van der Waals surface area contributed by atoms with Gasteiger partial charge in [0.15, 0.2) is 5.65 Å². The molecule has 0 atom stereocenters. The minimum Gasteiger partial charge on any atom is -0.392 e. The maximum Gasteiger partial charge on any atom is 0.278 e. The van der Waals surface area contributed by atoms with Crippen LogP contribution in [0.1, 0.15) is 19.4 Å². The van der Waals surface area contributed by atoms with E-state index in [2.05, 4.69) is 41.0 Å². The number of benzene rings is 1. The third kappa shape index (κ3) is 4.69. The number of piperazine rings is 1. The molecule has 4 heterocycles. The van der Waals surface area contributed by atoms with Gasteiger partial charge in [0.1, 0.15) is 5.39 Å². The van der Waals surface area contributed by atoms with Crippen molar-refractivity contribution in [2.24, 2.45) is 5.92 Å². The zero-order valence-electron chi connectivity index (χ0n) is 20.3. The summed E-state index contributed by atoms with van der Waals surface area (Å²) in [4.78, 5) is 26.9. The van der Waals surface area contributed by atoms with E-state index in [1.54, 1.807) is 22.2 Å². The van der Waals surface area contributed by atoms with E-state index in [0.717, 1.165) is 48.8 Å². The van der Waals surface area contributed by atoms with Crippen molar-refractivity contribution >= 4 is 39.7 Å². The molecule has 10 heteroatoms. The minimum absolute atomic E-state index is 0.0488. The molecule has 2 N–H and O–H groups in total. The second-order valence-corrected chi connectivity index (χ2v) is 10.2. The number of aromatic nitrogens is 4. The van der Waals surface area contributed by atoms with E-state index in [9.17, 15) is 9.90 Å². The number of likely N-dealkylation sites (N-methyl/N-ethyl adjacent to an activating group) is 1. The van der Waals surface area contributed by atoms with E-state index < -0.39 is 0 Å². The zero-order chi connectivity index (χ0) is 24.5. The van der Waals surface area contributed by atoms with Crippen LogP contribution in [0.25, 0.3) is 16.7 Å². The van der Waals surface area contributed by atoms with Gasteiger partial charge < -0.3 is 20.2 Å². The van der Waals surface area contributed by atoms with Crippen molar-refractivity contribution in [1.82, 2.24) is 24.2 Å². The molecule has 35 heavy (non-hydrogen) atoms. The Hall–Kier alpha value is -3.21. The first-order valence-corrected chi connectivity index (χ1v) is 12.8. The molecule has 9 nitrogen and oxygen atoms in total. The second kappa shape index (κ2) is 9.80. The van der Waals surface area contributed by atoms with Gasteiger partial charge in [0, 0.05) is 61.2 Å². The normalized spacial score (nSPS) is 14.8. The monoisotopic (exact) mass is 493 g/mol. The van der Waals surface area contributed by atoms with Gasteiger partial charge in [-0.15, -0.1) is 0 Å². The van der Waals surface area contributed by atoms with Gasteiger partial charge >= 0.3 is 0 Å². The highest BCUT2D eigenvalue weighted by Gasteiger charge is 2.20. The Morgan fingerprint density at radius 1 is 1.17 bits per heavy atom. The molecule has 1 saturated heterocycles. The summed E-state index contributed by atoms with van der Waals surface area (Å²) in [7, 11) is 2.13. The number of aliphatic hydroxyl groups is 1. The summed E-state index contributed by atoms with van der Waals surface area (Å²) >= 11 is 1.58. The number of nitrogens with zero attached hydrogens (tertiary/aromatic N) is 6. The van der Waals surface area contributed by atoms with Gasteiger partial charge in [-0.1, -0.05) is 13.8 Å². The predicted octanol–water partition coefficient (Wildman–Crippen LogP) is 3.29. The van der Waals surface area contributed by atoms with Gasteiger partial charge in [-0.2, -0.15) is 16.3 Å². The molecule has 0 aliphatic carbocycles. The first kappa shape index (κ1) is 23.5. The van der Waals surface area contributed by atoms with Crippen LogP contribution < -0.4 is 15.8 Å². The predicted molar refractivity (Wildman–Crippen MR) is 141 cm³/mol. The van der Waals surface area contributed by atoms with E-state index in [1.807, 2.05) is 39.7 Å². The summed E-state index contributed by atoms with van der Waals surface area (Å²) in [6.45, 7) is 8.58. The summed E-state index contributed by atoms with van der Waals surface area (Å²) < 4.78 is 3.63. The molecule has 0 unspecified atom stereocenters. The van der Waals surface area contributed by atoms with Crippen LogP contribution in [-0.2, 0) is 13.2 Å². The average molecular weight is 494 g/mol. The highest BCUT2D eigenvalue weighted by molar-refractivity contribution is 7.08. The van der Waals surface area contributed by atoms with Crippen molar-refractivity contribution in [3.05, 3.63) is 57.1 Å². The molecular weight excluding hydrogens is 462 g/mol. The fraction of sp³-hybridized carbons (Fsp3) is 0.400. The second-order valence-electron chi connectivity index (χ2n) is 9.42. The maximum atomic E-state index is 13.2. The Labute approximate surface area is 208 Å². The fourth-order valence-electron chi connectivity index (χ4n) is 4.51. The Morgan fingerprint density at radius 3 is 2.66 bits per heavy atom. The number of nitrogens with one attached hydrogen (secondary N) is 1. The van der Waals surface area contributed by atoms with Crippen LogP contribution in [0, 0.1) is 5.92 Å². The Kier molecular flexibility index (Phi) is 6.59. The van der Waals surface area contributed by atoms with Crippen LogP contribution in [-0.4, -0.2) is 62.6 Å². The van der Waals surface area contributed by atoms with Crippen LogP contribution in [0.3, 0.4) is 0 Å². The molecule has 1 aliphatic heterocycles. The number of fused-ring (bicyclic) bond motifs is 1. The van der Waals surface area contributed by atoms with Crippen molar-refractivity contribution in [3.63, 3.8) is 0 Å². The summed E-state index contributed by atoms with van der Waals surface area (Å²) in [6, 6.07) is 7.95. The van der Waals surface area contributed by atoms with Gasteiger partial charge in [-0.3, -0.25) is 4.79 Å². The molecular formula is C25H31N7O2S. The van der Waals surface area contributed by atoms with Crippen LogP contribution in [0.2, 0.25) is 0 Å². The van der Waals surface area contributed by atoms with Crippen LogP contribution in [0.5, 0.6) is 0 Å². The van der Waals surface area contributed by atoms with Crippen LogP contribution in [0.4, 0.5) is 17.3 Å². The zero-order valence-corrected chi connectivity index (χ0v) is 21.1. The van der Waals surface area contributed by atoms with Crippen molar-refractivity contribution in [1.29, 1.82) is 0 Å². The number of rotatable bonds is 7. The highest BCUT2D eigenvalue weighted by Crippen LogP contribution is 2.27. The lowest BCUT2D eigenvalue weighted by Gasteiger charge is -2.35. The van der Waals surface area contributed by atoms with Gasteiger partial charge in [0.2, 0.25) is 5.95 Å². The largest absolute Gasteiger partial charge is 0.392 e. The van der Waals surface area contributed by atoms with Crippen molar-refractivity contribution in [3.8, 4) is 5.69 Å². The van der Waals surface area contributed by atoms with Gasteiger partial charge in [0.05, 0.1) is 12.3 Å². The van der Waals surface area contributed by atoms with Crippen molar-refractivity contribution < 1.29 is 5.11 Å². The Bertz CT molecular complexity index is 1370. The smallest absolute Gasteiger partial charge is 0.278 e. The first-order chi connectivity index (χ1) is 16.9. The van der Waals surface area contributed by atoms with Crippen LogP contribution in [0.15, 0.2) is 46.0 Å². The quantitative estimate of drug-likeness (QED) is 0.408. The number of thiophene rings is 1. The summed E-state index contributed by atoms with van der Waals surface area (Å²) in [5, 5.41) is 17.8. The number of hydrogen-bond acceptors (Lipinski definition) is 8. The molecule has 184 valence electrons. The third-order valence-electron chi connectivity index (χ3n) is 6.31. The van der Waals surface area contributed by atoms with Crippen molar-refractivity contribution in [2.45, 2.75) is 27.0 Å². The van der Waals surface area contributed by atoms with E-state index >= 15 is 0 Å². The summed E-state index contributed by atoms with van der Waals surface area (Å²) in [5.74, 6) is 0.704. The van der Waals surface area contributed by atoms with Gasteiger partial charge in [-0.25, -0.2) is 14.3 Å². The first-order valence-electron chi connectivity index (χ1n) is 11.9.